The number of amides is 2. The molecular weight excluding hydrogens is 416 g/mol. The zero-order valence-corrected chi connectivity index (χ0v) is 17.6. The summed E-state index contributed by atoms with van der Waals surface area (Å²) in [6.07, 6.45) is -0.689. The molecule has 0 aromatic heterocycles. The van der Waals surface area contributed by atoms with Crippen LogP contribution in [0.1, 0.15) is 6.92 Å². The zero-order valence-electron chi connectivity index (χ0n) is 17.6. The Bertz CT molecular complexity index is 1020. The molecule has 2 aromatic rings. The van der Waals surface area contributed by atoms with E-state index in [1.807, 2.05) is 17.0 Å². The van der Waals surface area contributed by atoms with Gasteiger partial charge in [-0.15, -0.1) is 0 Å². The summed E-state index contributed by atoms with van der Waals surface area (Å²) in [5.41, 5.74) is 0.290. The molecule has 0 radical (unpaired) electrons. The molecule has 2 atom stereocenters. The molecule has 2 aromatic carbocycles. The smallest absolute Gasteiger partial charge is 0.271 e. The Morgan fingerprint density at radius 3 is 2.53 bits per heavy atom. The average Bonchev–Trinajstić information content (AvgIpc) is 2.83. The fourth-order valence-electron chi connectivity index (χ4n) is 3.78. The molecule has 2 amide bonds. The van der Waals surface area contributed by atoms with E-state index in [0.29, 0.717) is 43.4 Å². The molecule has 2 aliphatic heterocycles. The lowest BCUT2D eigenvalue weighted by Crippen LogP contribution is -2.57. The number of para-hydroxylation sites is 2. The van der Waals surface area contributed by atoms with Gasteiger partial charge >= 0.3 is 0 Å². The number of benzene rings is 2. The van der Waals surface area contributed by atoms with Crippen molar-refractivity contribution in [1.82, 2.24) is 9.80 Å². The van der Waals surface area contributed by atoms with Crippen LogP contribution < -0.4 is 14.8 Å². The van der Waals surface area contributed by atoms with E-state index in [1.165, 1.54) is 18.2 Å². The number of rotatable bonds is 5. The van der Waals surface area contributed by atoms with E-state index in [0.717, 1.165) is 0 Å². The summed E-state index contributed by atoms with van der Waals surface area (Å²) in [6.45, 7) is 3.93. The molecule has 168 valence electrons. The van der Waals surface area contributed by atoms with Crippen molar-refractivity contribution >= 4 is 23.2 Å². The van der Waals surface area contributed by atoms with Crippen molar-refractivity contribution in [3.63, 3.8) is 0 Å². The maximum Gasteiger partial charge on any atom is 0.271 e. The van der Waals surface area contributed by atoms with E-state index in [1.54, 1.807) is 30.0 Å². The van der Waals surface area contributed by atoms with Gasteiger partial charge in [0.05, 0.1) is 11.0 Å². The minimum atomic E-state index is -0.689. The lowest BCUT2D eigenvalue weighted by molar-refractivity contribution is -0.384. The van der Waals surface area contributed by atoms with Gasteiger partial charge in [-0.3, -0.25) is 24.6 Å². The first-order valence-electron chi connectivity index (χ1n) is 10.4. The highest BCUT2D eigenvalue weighted by Crippen LogP contribution is 2.31. The van der Waals surface area contributed by atoms with Gasteiger partial charge in [-0.05, 0) is 25.1 Å². The summed E-state index contributed by atoms with van der Waals surface area (Å²) >= 11 is 0. The van der Waals surface area contributed by atoms with Crippen molar-refractivity contribution in [2.24, 2.45) is 0 Å². The van der Waals surface area contributed by atoms with Crippen molar-refractivity contribution in [3.8, 4) is 11.5 Å². The van der Waals surface area contributed by atoms with Crippen LogP contribution in [0.4, 0.5) is 11.4 Å². The number of ether oxygens (including phenoxy) is 2. The summed E-state index contributed by atoms with van der Waals surface area (Å²) in [5.74, 6) is 0.797. The number of hydrogen-bond donors (Lipinski definition) is 1. The van der Waals surface area contributed by atoms with Gasteiger partial charge in [0.2, 0.25) is 12.0 Å². The molecule has 2 aliphatic rings. The fraction of sp³-hybridized carbons (Fsp3) is 0.364. The van der Waals surface area contributed by atoms with Crippen molar-refractivity contribution < 1.29 is 24.0 Å². The third-order valence-corrected chi connectivity index (χ3v) is 5.66. The highest BCUT2D eigenvalue weighted by Gasteiger charge is 2.34. The predicted molar refractivity (Wildman–Crippen MR) is 116 cm³/mol. The quantitative estimate of drug-likeness (QED) is 0.558. The van der Waals surface area contributed by atoms with Gasteiger partial charge in [0.1, 0.15) is 6.61 Å². The fourth-order valence-corrected chi connectivity index (χ4v) is 3.78. The van der Waals surface area contributed by atoms with Crippen LogP contribution in [0.25, 0.3) is 0 Å². The Balaban J connectivity index is 1.29. The third-order valence-electron chi connectivity index (χ3n) is 5.66. The SMILES string of the molecule is C[C@H](C(=O)Nc1cccc([N+](=O)[O-])c1)N1CCN(C(=O)[C@H]2COc3ccccc3O2)CC1. The molecule has 0 bridgehead atoms. The third kappa shape index (κ3) is 4.65. The van der Waals surface area contributed by atoms with Gasteiger partial charge in [-0.2, -0.15) is 0 Å². The van der Waals surface area contributed by atoms with Gasteiger partial charge in [0, 0.05) is 44.0 Å². The average molecular weight is 440 g/mol. The second kappa shape index (κ2) is 9.23. The van der Waals surface area contributed by atoms with E-state index in [4.69, 9.17) is 9.47 Å². The number of anilines is 1. The van der Waals surface area contributed by atoms with Crippen molar-refractivity contribution in [3.05, 3.63) is 58.6 Å². The van der Waals surface area contributed by atoms with Crippen LogP contribution in [0.2, 0.25) is 0 Å². The van der Waals surface area contributed by atoms with Crippen molar-refractivity contribution in [2.75, 3.05) is 38.1 Å². The van der Waals surface area contributed by atoms with Crippen LogP contribution in [-0.4, -0.2) is 71.5 Å². The Morgan fingerprint density at radius 2 is 1.81 bits per heavy atom. The van der Waals surface area contributed by atoms with E-state index >= 15 is 0 Å². The van der Waals surface area contributed by atoms with Gasteiger partial charge < -0.3 is 19.7 Å². The molecule has 0 aliphatic carbocycles. The lowest BCUT2D eigenvalue weighted by atomic mass is 10.2. The molecule has 1 N–H and O–H groups in total. The number of nitro benzene ring substituents is 1. The van der Waals surface area contributed by atoms with Gasteiger partial charge in [0.15, 0.2) is 11.5 Å². The molecule has 10 nitrogen and oxygen atoms in total. The highest BCUT2D eigenvalue weighted by molar-refractivity contribution is 5.94. The van der Waals surface area contributed by atoms with Crippen LogP contribution >= 0.6 is 0 Å². The molecule has 2 heterocycles. The van der Waals surface area contributed by atoms with E-state index in [9.17, 15) is 19.7 Å². The standard InChI is InChI=1S/C22H24N4O6/c1-15(21(27)23-16-5-4-6-17(13-16)26(29)30)24-9-11-25(12-10-24)22(28)20-14-31-18-7-2-3-8-19(18)32-20/h2-8,13,15,20H,9-12,14H2,1H3,(H,23,27)/t15-,20-/m1/s1. The summed E-state index contributed by atoms with van der Waals surface area (Å²) in [6, 6.07) is 12.6. The molecule has 0 unspecified atom stereocenters. The minimum absolute atomic E-state index is 0.0842. The Labute approximate surface area is 184 Å². The van der Waals surface area contributed by atoms with Crippen LogP contribution in [0.3, 0.4) is 0 Å². The topological polar surface area (TPSA) is 114 Å². The van der Waals surface area contributed by atoms with Gasteiger partial charge in [0.25, 0.3) is 11.6 Å². The number of fused-ring (bicyclic) bond motifs is 1. The molecule has 10 heteroatoms. The first-order chi connectivity index (χ1) is 15.4. The second-order valence-corrected chi connectivity index (χ2v) is 7.70. The summed E-state index contributed by atoms with van der Waals surface area (Å²) in [5, 5.41) is 13.6. The van der Waals surface area contributed by atoms with Crippen LogP contribution in [0, 0.1) is 10.1 Å². The molecule has 0 saturated carbocycles. The Kier molecular flexibility index (Phi) is 6.22. The molecule has 4 rings (SSSR count). The van der Waals surface area contributed by atoms with Crippen LogP contribution in [0.5, 0.6) is 11.5 Å². The number of piperazine rings is 1. The number of nitro groups is 1. The summed E-state index contributed by atoms with van der Waals surface area (Å²) in [7, 11) is 0. The van der Waals surface area contributed by atoms with Crippen LogP contribution in [0.15, 0.2) is 48.5 Å². The zero-order chi connectivity index (χ0) is 22.7. The van der Waals surface area contributed by atoms with Crippen molar-refractivity contribution in [1.29, 1.82) is 0 Å². The summed E-state index contributed by atoms with van der Waals surface area (Å²) < 4.78 is 11.5. The largest absolute Gasteiger partial charge is 0.485 e. The molecule has 1 fully saturated rings. The monoisotopic (exact) mass is 440 g/mol. The second-order valence-electron chi connectivity index (χ2n) is 7.70. The molecule has 32 heavy (non-hydrogen) atoms. The first-order valence-corrected chi connectivity index (χ1v) is 10.4. The number of carbonyl (C=O) groups excluding carboxylic acids is 2. The van der Waals surface area contributed by atoms with Gasteiger partial charge in [-0.25, -0.2) is 0 Å². The molecular formula is C22H24N4O6. The maximum absolute atomic E-state index is 12.9. The number of hydrogen-bond acceptors (Lipinski definition) is 7. The van der Waals surface area contributed by atoms with Crippen LogP contribution in [-0.2, 0) is 9.59 Å². The van der Waals surface area contributed by atoms with E-state index < -0.39 is 17.1 Å². The normalized spacial score (nSPS) is 19.2. The van der Waals surface area contributed by atoms with Gasteiger partial charge in [-0.1, -0.05) is 18.2 Å². The summed E-state index contributed by atoms with van der Waals surface area (Å²) in [4.78, 5) is 39.6. The Hall–Kier alpha value is -3.66. The molecule has 1 saturated heterocycles. The lowest BCUT2D eigenvalue weighted by Gasteiger charge is -2.39. The number of non-ortho nitro benzene ring substituents is 1. The number of carbonyl (C=O) groups is 2. The number of nitrogens with one attached hydrogen (secondary N) is 1. The highest BCUT2D eigenvalue weighted by atomic mass is 16.6. The number of nitrogens with zero attached hydrogens (tertiary/aromatic N) is 3. The van der Waals surface area contributed by atoms with E-state index in [2.05, 4.69) is 5.32 Å². The predicted octanol–water partition coefficient (Wildman–Crippen LogP) is 1.91. The molecule has 0 spiro atoms. The Morgan fingerprint density at radius 1 is 1.09 bits per heavy atom. The van der Waals surface area contributed by atoms with E-state index in [-0.39, 0.29) is 24.1 Å². The van der Waals surface area contributed by atoms with Crippen molar-refractivity contribution in [2.45, 2.75) is 19.1 Å². The minimum Gasteiger partial charge on any atom is -0.485 e. The first kappa shape index (κ1) is 21.6. The maximum atomic E-state index is 12.9.